The van der Waals surface area contributed by atoms with Gasteiger partial charge >= 0.3 is 0 Å². The smallest absolute Gasteiger partial charge is 0.0773 e. The summed E-state index contributed by atoms with van der Waals surface area (Å²) < 4.78 is 0. The number of fused-ring (bicyclic) bond motifs is 7. The number of benzene rings is 4. The lowest BCUT2D eigenvalue weighted by Crippen LogP contribution is -2.37. The molecule has 0 aliphatic carbocycles. The Hall–Kier alpha value is -2.54. The second-order valence-electron chi connectivity index (χ2n) is 7.13. The maximum Gasteiger partial charge on any atom is 0.208 e. The quantitative estimate of drug-likeness (QED) is 0.408. The molecule has 0 N–H and O–H groups in total. The molecule has 1 aliphatic rings. The number of aryl methyl sites for hydroxylation is 2. The molecule has 0 unspecified atom stereocenters. The lowest BCUT2D eigenvalue weighted by molar-refractivity contribution is 1.54. The van der Waals surface area contributed by atoms with Gasteiger partial charge in [-0.3, -0.25) is 0 Å². The van der Waals surface area contributed by atoms with Crippen LogP contribution in [-0.2, 0) is 0 Å². The standard InChI is InChI=1S/C23H19B/c1-14-12-16-8-4-6-10-18(16)20-21-19-11-7-5-9-17(19)13-15(2)23(21)24(3)22(14)20/h4-13H,1-3H3. The van der Waals surface area contributed by atoms with Crippen molar-refractivity contribution < 1.29 is 0 Å². The van der Waals surface area contributed by atoms with Gasteiger partial charge in [0.25, 0.3) is 0 Å². The van der Waals surface area contributed by atoms with Crippen LogP contribution in [0.5, 0.6) is 0 Å². The highest BCUT2D eigenvalue weighted by atomic mass is 14.2. The zero-order chi connectivity index (χ0) is 16.4. The zero-order valence-corrected chi connectivity index (χ0v) is 14.4. The topological polar surface area (TPSA) is 0 Å². The highest BCUT2D eigenvalue weighted by Crippen LogP contribution is 2.37. The molecule has 0 radical (unpaired) electrons. The van der Waals surface area contributed by atoms with Gasteiger partial charge in [-0.15, -0.1) is 0 Å². The molecule has 1 aliphatic heterocycles. The van der Waals surface area contributed by atoms with Gasteiger partial charge in [0.2, 0.25) is 6.71 Å². The average molecular weight is 306 g/mol. The van der Waals surface area contributed by atoms with Crippen LogP contribution in [-0.4, -0.2) is 6.71 Å². The predicted octanol–water partition coefficient (Wildman–Crippen LogP) is 4.83. The van der Waals surface area contributed by atoms with Crippen molar-refractivity contribution in [2.45, 2.75) is 20.7 Å². The molecule has 114 valence electrons. The van der Waals surface area contributed by atoms with Crippen LogP contribution in [0.4, 0.5) is 0 Å². The van der Waals surface area contributed by atoms with Crippen LogP contribution in [0.2, 0.25) is 6.82 Å². The van der Waals surface area contributed by atoms with Gasteiger partial charge in [-0.25, -0.2) is 0 Å². The van der Waals surface area contributed by atoms with E-state index in [0.29, 0.717) is 6.71 Å². The van der Waals surface area contributed by atoms with Crippen molar-refractivity contribution in [2.75, 3.05) is 0 Å². The van der Waals surface area contributed by atoms with Gasteiger partial charge in [0, 0.05) is 0 Å². The molecule has 1 heteroatoms. The third kappa shape index (κ3) is 1.65. The Kier molecular flexibility index (Phi) is 2.74. The van der Waals surface area contributed by atoms with E-state index >= 15 is 0 Å². The molecule has 0 saturated carbocycles. The Bertz CT molecular complexity index is 1050. The molecule has 1 heterocycles. The van der Waals surface area contributed by atoms with E-state index in [4.69, 9.17) is 0 Å². The van der Waals surface area contributed by atoms with Crippen LogP contribution >= 0.6 is 0 Å². The van der Waals surface area contributed by atoms with Crippen molar-refractivity contribution in [3.63, 3.8) is 0 Å². The van der Waals surface area contributed by atoms with Crippen molar-refractivity contribution in [3.8, 4) is 11.1 Å². The summed E-state index contributed by atoms with van der Waals surface area (Å²) in [7, 11) is 0. The second-order valence-corrected chi connectivity index (χ2v) is 7.13. The first-order valence-electron chi connectivity index (χ1n) is 8.71. The van der Waals surface area contributed by atoms with Gasteiger partial charge in [-0.05, 0) is 46.5 Å². The SMILES string of the molecule is CB1c2c(C)cc3ccccc3c2-c2c1c(C)cc1ccccc21. The number of hydrogen-bond donors (Lipinski definition) is 0. The first-order chi connectivity index (χ1) is 11.7. The molecule has 4 aromatic carbocycles. The zero-order valence-electron chi connectivity index (χ0n) is 14.4. The van der Waals surface area contributed by atoms with Gasteiger partial charge in [-0.1, -0.05) is 89.5 Å². The minimum Gasteiger partial charge on any atom is -0.0773 e. The second kappa shape index (κ2) is 4.74. The fourth-order valence-corrected chi connectivity index (χ4v) is 4.81. The largest absolute Gasteiger partial charge is 0.208 e. The Morgan fingerprint density at radius 1 is 0.625 bits per heavy atom. The van der Waals surface area contributed by atoms with Crippen molar-refractivity contribution in [3.05, 3.63) is 71.8 Å². The molecule has 0 bridgehead atoms. The Balaban J connectivity index is 2.07. The fourth-order valence-electron chi connectivity index (χ4n) is 4.81. The summed E-state index contributed by atoms with van der Waals surface area (Å²) in [6, 6.07) is 22.4. The first kappa shape index (κ1) is 13.9. The van der Waals surface area contributed by atoms with Gasteiger partial charge < -0.3 is 0 Å². The molecule has 5 rings (SSSR count). The lowest BCUT2D eigenvalue weighted by Gasteiger charge is -2.13. The Morgan fingerprint density at radius 3 is 1.50 bits per heavy atom. The summed E-state index contributed by atoms with van der Waals surface area (Å²) in [5.41, 5.74) is 8.79. The normalized spacial score (nSPS) is 12.7. The van der Waals surface area contributed by atoms with E-state index in [0.717, 1.165) is 0 Å². The van der Waals surface area contributed by atoms with E-state index in [1.54, 1.807) is 0 Å². The van der Waals surface area contributed by atoms with Crippen molar-refractivity contribution >= 4 is 39.2 Å². The number of hydrogen-bond acceptors (Lipinski definition) is 0. The highest BCUT2D eigenvalue weighted by Gasteiger charge is 2.33. The van der Waals surface area contributed by atoms with E-state index in [9.17, 15) is 0 Å². The van der Waals surface area contributed by atoms with Crippen LogP contribution < -0.4 is 10.9 Å². The van der Waals surface area contributed by atoms with E-state index in [1.165, 1.54) is 54.7 Å². The molecule has 0 saturated heterocycles. The van der Waals surface area contributed by atoms with E-state index in [-0.39, 0.29) is 0 Å². The summed E-state index contributed by atoms with van der Waals surface area (Å²) >= 11 is 0. The van der Waals surface area contributed by atoms with E-state index < -0.39 is 0 Å². The lowest BCUT2D eigenvalue weighted by atomic mass is 9.43. The Morgan fingerprint density at radius 2 is 1.04 bits per heavy atom. The van der Waals surface area contributed by atoms with Gasteiger partial charge in [0.05, 0.1) is 0 Å². The molecule has 0 aromatic heterocycles. The maximum atomic E-state index is 2.37. The van der Waals surface area contributed by atoms with Crippen molar-refractivity contribution in [1.29, 1.82) is 0 Å². The third-order valence-electron chi connectivity index (χ3n) is 5.71. The minimum absolute atomic E-state index is 0.462. The van der Waals surface area contributed by atoms with Crippen LogP contribution in [0, 0.1) is 13.8 Å². The van der Waals surface area contributed by atoms with Gasteiger partial charge in [0.15, 0.2) is 0 Å². The molecule has 0 atom stereocenters. The summed E-state index contributed by atoms with van der Waals surface area (Å²) in [6.07, 6.45) is 0. The third-order valence-corrected chi connectivity index (χ3v) is 5.71. The Labute approximate surface area is 143 Å². The first-order valence-corrected chi connectivity index (χ1v) is 8.71. The molecule has 0 fully saturated rings. The molecular weight excluding hydrogens is 287 g/mol. The molecule has 0 amide bonds. The predicted molar refractivity (Wildman–Crippen MR) is 107 cm³/mol. The molecule has 0 spiro atoms. The molecular formula is C23H19B. The van der Waals surface area contributed by atoms with E-state index in [1.807, 2.05) is 0 Å². The summed E-state index contributed by atoms with van der Waals surface area (Å²) in [6.45, 7) is 7.37. The molecule has 24 heavy (non-hydrogen) atoms. The summed E-state index contributed by atoms with van der Waals surface area (Å²) in [5, 5.41) is 5.47. The summed E-state index contributed by atoms with van der Waals surface area (Å²) in [5.74, 6) is 0. The maximum absolute atomic E-state index is 2.37. The van der Waals surface area contributed by atoms with E-state index in [2.05, 4.69) is 81.3 Å². The monoisotopic (exact) mass is 306 g/mol. The highest BCUT2D eigenvalue weighted by molar-refractivity contribution is 6.90. The van der Waals surface area contributed by atoms with Crippen LogP contribution in [0.15, 0.2) is 60.7 Å². The van der Waals surface area contributed by atoms with Crippen LogP contribution in [0.1, 0.15) is 11.1 Å². The van der Waals surface area contributed by atoms with Crippen LogP contribution in [0.3, 0.4) is 0 Å². The minimum atomic E-state index is 0.462. The van der Waals surface area contributed by atoms with Crippen molar-refractivity contribution in [1.82, 2.24) is 0 Å². The van der Waals surface area contributed by atoms with Gasteiger partial charge in [0.1, 0.15) is 0 Å². The van der Waals surface area contributed by atoms with Crippen molar-refractivity contribution in [2.24, 2.45) is 0 Å². The fraction of sp³-hybridized carbons (Fsp3) is 0.130. The molecule has 4 aromatic rings. The summed E-state index contributed by atoms with van der Waals surface area (Å²) in [4.78, 5) is 0. The van der Waals surface area contributed by atoms with Gasteiger partial charge in [-0.2, -0.15) is 0 Å². The molecule has 0 nitrogen and oxygen atoms in total. The number of rotatable bonds is 0. The van der Waals surface area contributed by atoms with Crippen LogP contribution in [0.25, 0.3) is 32.7 Å². The average Bonchev–Trinajstić information content (AvgIpc) is 2.90.